The Morgan fingerprint density at radius 3 is 2.69 bits per heavy atom. The Bertz CT molecular complexity index is 869. The van der Waals surface area contributed by atoms with Gasteiger partial charge in [0.25, 0.3) is 5.91 Å². The van der Waals surface area contributed by atoms with Crippen molar-refractivity contribution in [1.82, 2.24) is 10.6 Å². The predicted molar refractivity (Wildman–Crippen MR) is 110 cm³/mol. The minimum absolute atomic E-state index is 0.195. The molecule has 0 fully saturated rings. The number of rotatable bonds is 3. The predicted octanol–water partition coefficient (Wildman–Crippen LogP) is 2.96. The SMILES string of the molecule is CCNC(=S)NC1N=C(c2ccccc2)c2cc(Cl)ccc2N(C)C1=O. The third-order valence-electron chi connectivity index (χ3n) is 4.05. The number of benzodiazepines with no additional fused rings is 1. The van der Waals surface area contributed by atoms with Crippen LogP contribution in [-0.2, 0) is 4.79 Å². The second kappa shape index (κ2) is 7.85. The van der Waals surface area contributed by atoms with Crippen molar-refractivity contribution < 1.29 is 4.79 Å². The van der Waals surface area contributed by atoms with Crippen LogP contribution in [0.25, 0.3) is 0 Å². The summed E-state index contributed by atoms with van der Waals surface area (Å²) in [6, 6.07) is 15.2. The molecule has 5 nitrogen and oxygen atoms in total. The van der Waals surface area contributed by atoms with Gasteiger partial charge in [-0.2, -0.15) is 0 Å². The Labute approximate surface area is 163 Å². The summed E-state index contributed by atoms with van der Waals surface area (Å²) in [7, 11) is 1.73. The Hall–Kier alpha value is -2.44. The zero-order valence-electron chi connectivity index (χ0n) is 14.5. The number of nitrogens with zero attached hydrogens (tertiary/aromatic N) is 2. The lowest BCUT2D eigenvalue weighted by Crippen LogP contribution is -2.49. The second-order valence-corrected chi connectivity index (χ2v) is 6.65. The Kier molecular flexibility index (Phi) is 5.54. The zero-order chi connectivity index (χ0) is 18.7. The summed E-state index contributed by atoms with van der Waals surface area (Å²) in [5, 5.41) is 6.96. The largest absolute Gasteiger partial charge is 0.363 e. The van der Waals surface area contributed by atoms with Gasteiger partial charge in [0.15, 0.2) is 5.11 Å². The summed E-state index contributed by atoms with van der Waals surface area (Å²) in [6.45, 7) is 2.60. The van der Waals surface area contributed by atoms with Crippen LogP contribution in [-0.4, -0.2) is 36.5 Å². The number of carbonyl (C=O) groups is 1. The van der Waals surface area contributed by atoms with Gasteiger partial charge in [-0.1, -0.05) is 41.9 Å². The summed E-state index contributed by atoms with van der Waals surface area (Å²) in [4.78, 5) is 19.2. The average molecular weight is 387 g/mol. The summed E-state index contributed by atoms with van der Waals surface area (Å²) >= 11 is 11.5. The molecule has 134 valence electrons. The zero-order valence-corrected chi connectivity index (χ0v) is 16.1. The molecule has 3 rings (SSSR count). The van der Waals surface area contributed by atoms with E-state index in [-0.39, 0.29) is 5.91 Å². The molecule has 0 aliphatic carbocycles. The van der Waals surface area contributed by atoms with Crippen LogP contribution in [0.2, 0.25) is 5.02 Å². The van der Waals surface area contributed by atoms with Crippen LogP contribution in [0, 0.1) is 0 Å². The number of hydrogen-bond acceptors (Lipinski definition) is 3. The number of halogens is 1. The van der Waals surface area contributed by atoms with Gasteiger partial charge in [-0.25, -0.2) is 4.99 Å². The monoisotopic (exact) mass is 386 g/mol. The van der Waals surface area contributed by atoms with E-state index in [0.717, 1.165) is 16.8 Å². The van der Waals surface area contributed by atoms with E-state index in [9.17, 15) is 4.79 Å². The lowest BCUT2D eigenvalue weighted by atomic mass is 10.0. The van der Waals surface area contributed by atoms with Gasteiger partial charge in [-0.3, -0.25) is 4.79 Å². The highest BCUT2D eigenvalue weighted by atomic mass is 35.5. The minimum atomic E-state index is -0.826. The number of anilines is 1. The van der Waals surface area contributed by atoms with E-state index in [4.69, 9.17) is 28.8 Å². The molecule has 1 unspecified atom stereocenters. The van der Waals surface area contributed by atoms with E-state index < -0.39 is 6.17 Å². The third kappa shape index (κ3) is 3.71. The van der Waals surface area contributed by atoms with Crippen LogP contribution < -0.4 is 15.5 Å². The van der Waals surface area contributed by atoms with Crippen LogP contribution in [0.1, 0.15) is 18.1 Å². The van der Waals surface area contributed by atoms with Crippen molar-refractivity contribution in [2.75, 3.05) is 18.5 Å². The maximum absolute atomic E-state index is 12.9. The lowest BCUT2D eigenvalue weighted by Gasteiger charge is -2.21. The molecule has 0 saturated carbocycles. The van der Waals surface area contributed by atoms with Gasteiger partial charge in [0.1, 0.15) is 0 Å². The van der Waals surface area contributed by atoms with Crippen molar-refractivity contribution in [1.29, 1.82) is 0 Å². The summed E-state index contributed by atoms with van der Waals surface area (Å²) in [5.41, 5.74) is 3.15. The number of likely N-dealkylation sites (N-methyl/N-ethyl adjacent to an activating group) is 1. The smallest absolute Gasteiger partial charge is 0.272 e. The molecule has 0 saturated heterocycles. The fraction of sp³-hybridized carbons (Fsp3) is 0.211. The molecular formula is C19H19ClN4OS. The molecule has 2 aromatic carbocycles. The number of hydrogen-bond donors (Lipinski definition) is 2. The maximum Gasteiger partial charge on any atom is 0.272 e. The molecule has 1 aliphatic rings. The molecule has 2 N–H and O–H groups in total. The highest BCUT2D eigenvalue weighted by Crippen LogP contribution is 2.29. The third-order valence-corrected chi connectivity index (χ3v) is 4.55. The maximum atomic E-state index is 12.9. The minimum Gasteiger partial charge on any atom is -0.363 e. The van der Waals surface area contributed by atoms with Gasteiger partial charge >= 0.3 is 0 Å². The molecule has 7 heteroatoms. The quantitative estimate of drug-likeness (QED) is 0.796. The first-order chi connectivity index (χ1) is 12.5. The van der Waals surface area contributed by atoms with Crippen molar-refractivity contribution >= 4 is 46.2 Å². The Balaban J connectivity index is 2.14. The van der Waals surface area contributed by atoms with Crippen molar-refractivity contribution in [2.45, 2.75) is 13.1 Å². The molecule has 2 aromatic rings. The van der Waals surface area contributed by atoms with Crippen molar-refractivity contribution in [2.24, 2.45) is 4.99 Å². The first-order valence-corrected chi connectivity index (χ1v) is 9.05. The lowest BCUT2D eigenvalue weighted by molar-refractivity contribution is -0.119. The van der Waals surface area contributed by atoms with Crippen LogP contribution >= 0.6 is 23.8 Å². The summed E-state index contributed by atoms with van der Waals surface area (Å²) < 4.78 is 0. The van der Waals surface area contributed by atoms with Crippen LogP contribution in [0.4, 0.5) is 5.69 Å². The molecule has 0 spiro atoms. The number of fused-ring (bicyclic) bond motifs is 1. The van der Waals surface area contributed by atoms with E-state index in [0.29, 0.717) is 22.4 Å². The van der Waals surface area contributed by atoms with E-state index >= 15 is 0 Å². The molecule has 1 atom stereocenters. The molecule has 1 aliphatic heterocycles. The van der Waals surface area contributed by atoms with E-state index in [2.05, 4.69) is 10.6 Å². The fourth-order valence-corrected chi connectivity index (χ4v) is 3.23. The summed E-state index contributed by atoms with van der Waals surface area (Å²) in [5.74, 6) is -0.195. The van der Waals surface area contributed by atoms with E-state index in [1.807, 2.05) is 49.4 Å². The standard InChI is InChI=1S/C19H19ClN4OS/c1-3-21-19(26)23-17-18(25)24(2)15-10-9-13(20)11-14(15)16(22-17)12-7-5-4-6-8-12/h4-11,17H,3H2,1-2H3,(H2,21,23,26). The first kappa shape index (κ1) is 18.4. The van der Waals surface area contributed by atoms with Crippen molar-refractivity contribution in [3.05, 3.63) is 64.7 Å². The highest BCUT2D eigenvalue weighted by Gasteiger charge is 2.30. The van der Waals surface area contributed by atoms with Gasteiger partial charge in [0, 0.05) is 29.7 Å². The van der Waals surface area contributed by atoms with Crippen LogP contribution in [0.5, 0.6) is 0 Å². The van der Waals surface area contributed by atoms with Crippen LogP contribution in [0.3, 0.4) is 0 Å². The number of amides is 1. The molecular weight excluding hydrogens is 368 g/mol. The second-order valence-electron chi connectivity index (χ2n) is 5.81. The van der Waals surface area contributed by atoms with E-state index in [1.54, 1.807) is 18.0 Å². The number of carbonyl (C=O) groups excluding carboxylic acids is 1. The van der Waals surface area contributed by atoms with E-state index in [1.165, 1.54) is 0 Å². The van der Waals surface area contributed by atoms with Gasteiger partial charge in [0.2, 0.25) is 6.17 Å². The number of aliphatic imine (C=N–C) groups is 1. The molecule has 0 radical (unpaired) electrons. The number of benzene rings is 2. The van der Waals surface area contributed by atoms with Gasteiger partial charge < -0.3 is 15.5 Å². The van der Waals surface area contributed by atoms with Crippen molar-refractivity contribution in [3.8, 4) is 0 Å². The van der Waals surface area contributed by atoms with Crippen molar-refractivity contribution in [3.63, 3.8) is 0 Å². The van der Waals surface area contributed by atoms with Gasteiger partial charge in [-0.15, -0.1) is 0 Å². The number of thiocarbonyl (C=S) groups is 1. The van der Waals surface area contributed by atoms with Gasteiger partial charge in [-0.05, 0) is 37.3 Å². The Morgan fingerprint density at radius 1 is 1.27 bits per heavy atom. The highest BCUT2D eigenvalue weighted by molar-refractivity contribution is 7.80. The normalized spacial score (nSPS) is 16.4. The molecule has 0 aromatic heterocycles. The average Bonchev–Trinajstić information content (AvgIpc) is 2.73. The molecule has 1 amide bonds. The summed E-state index contributed by atoms with van der Waals surface area (Å²) in [6.07, 6.45) is -0.826. The first-order valence-electron chi connectivity index (χ1n) is 8.26. The van der Waals surface area contributed by atoms with Crippen LogP contribution in [0.15, 0.2) is 53.5 Å². The Morgan fingerprint density at radius 2 is 2.00 bits per heavy atom. The van der Waals surface area contributed by atoms with Gasteiger partial charge in [0.05, 0.1) is 11.4 Å². The molecule has 0 bridgehead atoms. The fourth-order valence-electron chi connectivity index (χ4n) is 2.80. The topological polar surface area (TPSA) is 56.7 Å². The molecule has 1 heterocycles. The number of nitrogens with one attached hydrogen (secondary N) is 2. The molecule has 26 heavy (non-hydrogen) atoms.